The van der Waals surface area contributed by atoms with Crippen molar-refractivity contribution >= 4 is 5.69 Å². The number of hydrogen-bond acceptors (Lipinski definition) is 4. The summed E-state index contributed by atoms with van der Waals surface area (Å²) in [5.41, 5.74) is 1.04. The molecule has 3 rings (SSSR count). The van der Waals surface area contributed by atoms with Gasteiger partial charge in [-0.2, -0.15) is 0 Å². The maximum Gasteiger partial charge on any atom is 0.269 e. The molecule has 0 aromatic heterocycles. The van der Waals surface area contributed by atoms with Gasteiger partial charge in [0.1, 0.15) is 19.2 Å². The molecule has 0 saturated heterocycles. The van der Waals surface area contributed by atoms with Crippen molar-refractivity contribution in [3.63, 3.8) is 0 Å². The molecule has 2 N–H and O–H groups in total. The number of fused-ring (bicyclic) bond motifs is 1. The predicted molar refractivity (Wildman–Crippen MR) is 84.5 cm³/mol. The average Bonchev–Trinajstić information content (AvgIpc) is 2.59. The molecule has 0 unspecified atom stereocenters. The first-order valence-corrected chi connectivity index (χ1v) is 7.58. The van der Waals surface area contributed by atoms with E-state index < -0.39 is 0 Å². The Bertz CT molecular complexity index is 704. The highest BCUT2D eigenvalue weighted by molar-refractivity contribution is 5.40. The molecule has 0 aliphatic carbocycles. The van der Waals surface area contributed by atoms with Crippen molar-refractivity contribution in [3.05, 3.63) is 64.2 Å². The highest BCUT2D eigenvalue weighted by atomic mass is 16.6. The van der Waals surface area contributed by atoms with Gasteiger partial charge in [0.2, 0.25) is 0 Å². The van der Waals surface area contributed by atoms with Gasteiger partial charge >= 0.3 is 0 Å². The van der Waals surface area contributed by atoms with E-state index in [1.165, 1.54) is 6.07 Å². The van der Waals surface area contributed by atoms with E-state index in [1.807, 2.05) is 30.3 Å². The van der Waals surface area contributed by atoms with Gasteiger partial charge in [0.15, 0.2) is 17.6 Å². The number of hydrogen-bond donors (Lipinski definition) is 1. The van der Waals surface area contributed by atoms with E-state index in [-0.39, 0.29) is 22.8 Å². The van der Waals surface area contributed by atoms with Crippen LogP contribution >= 0.6 is 0 Å². The summed E-state index contributed by atoms with van der Waals surface area (Å²) < 4.78 is 11.7. The largest absolute Gasteiger partial charge is 0.486 e. The summed E-state index contributed by atoms with van der Waals surface area (Å²) in [4.78, 5) is 10.4. The van der Waals surface area contributed by atoms with E-state index in [4.69, 9.17) is 9.47 Å². The number of nitro benzene ring substituents is 1. The minimum Gasteiger partial charge on any atom is -0.486 e. The Balaban J connectivity index is 1.59. The number of rotatable bonds is 5. The number of para-hydroxylation sites is 2. The fraction of sp³-hybridized carbons (Fsp3) is 0.294. The molecule has 1 heterocycles. The zero-order valence-electron chi connectivity index (χ0n) is 12.8. The molecule has 2 aromatic rings. The summed E-state index contributed by atoms with van der Waals surface area (Å²) in [5.74, 6) is 1.54. The molecule has 0 radical (unpaired) electrons. The standard InChI is InChI=1S/C17H18N2O4/c1-12(17-11-22-15-7-2-3-8-16(15)23-17)18-10-13-5-4-6-14(9-13)19(20)21/h2-9,12,17-18H,10-11H2,1H3/p+1/t12-,17+/m1/s1. The van der Waals surface area contributed by atoms with Gasteiger partial charge < -0.3 is 14.8 Å². The lowest BCUT2D eigenvalue weighted by molar-refractivity contribution is -0.707. The van der Waals surface area contributed by atoms with Crippen molar-refractivity contribution in [1.29, 1.82) is 0 Å². The molecule has 0 amide bonds. The average molecular weight is 315 g/mol. The van der Waals surface area contributed by atoms with Crippen LogP contribution in [0.15, 0.2) is 48.5 Å². The first-order valence-electron chi connectivity index (χ1n) is 7.58. The smallest absolute Gasteiger partial charge is 0.269 e. The van der Waals surface area contributed by atoms with E-state index in [1.54, 1.807) is 12.1 Å². The minimum atomic E-state index is -0.373. The van der Waals surface area contributed by atoms with Crippen molar-refractivity contribution in [2.24, 2.45) is 0 Å². The number of quaternary nitrogens is 1. The summed E-state index contributed by atoms with van der Waals surface area (Å²) in [6.07, 6.45) is -0.0522. The van der Waals surface area contributed by atoms with Gasteiger partial charge in [0.05, 0.1) is 4.92 Å². The Morgan fingerprint density at radius 2 is 2.04 bits per heavy atom. The van der Waals surface area contributed by atoms with Gasteiger partial charge in [0, 0.05) is 17.7 Å². The molecule has 1 aliphatic rings. The SMILES string of the molecule is C[C@@H]([NH2+]Cc1cccc([N+](=O)[O-])c1)[C@@H]1COc2ccccc2O1. The second-order valence-corrected chi connectivity index (χ2v) is 5.64. The quantitative estimate of drug-likeness (QED) is 0.675. The maximum absolute atomic E-state index is 10.8. The van der Waals surface area contributed by atoms with Crippen LogP contribution in [0.25, 0.3) is 0 Å². The molecule has 0 saturated carbocycles. The normalized spacial score (nSPS) is 17.5. The number of ether oxygens (including phenoxy) is 2. The molecular formula is C17H19N2O4+. The van der Waals surface area contributed by atoms with E-state index in [2.05, 4.69) is 12.2 Å². The number of nitrogens with zero attached hydrogens (tertiary/aromatic N) is 1. The first kappa shape index (κ1) is 15.3. The summed E-state index contributed by atoms with van der Waals surface area (Å²) in [7, 11) is 0. The third kappa shape index (κ3) is 3.60. The van der Waals surface area contributed by atoms with Crippen LogP contribution < -0.4 is 14.8 Å². The highest BCUT2D eigenvalue weighted by Crippen LogP contribution is 2.31. The Morgan fingerprint density at radius 3 is 2.83 bits per heavy atom. The molecule has 1 aliphatic heterocycles. The van der Waals surface area contributed by atoms with Crippen molar-refractivity contribution in [2.45, 2.75) is 25.6 Å². The van der Waals surface area contributed by atoms with Crippen LogP contribution in [0, 0.1) is 10.1 Å². The topological polar surface area (TPSA) is 78.2 Å². The number of nitrogens with two attached hydrogens (primary N) is 1. The molecule has 6 nitrogen and oxygen atoms in total. The van der Waals surface area contributed by atoms with Crippen LogP contribution in [0.3, 0.4) is 0 Å². The van der Waals surface area contributed by atoms with E-state index in [9.17, 15) is 10.1 Å². The molecule has 2 aromatic carbocycles. The lowest BCUT2D eigenvalue weighted by atomic mass is 10.1. The molecule has 6 heteroatoms. The van der Waals surface area contributed by atoms with Crippen molar-refractivity contribution in [1.82, 2.24) is 0 Å². The van der Waals surface area contributed by atoms with Crippen molar-refractivity contribution < 1.29 is 19.7 Å². The molecular weight excluding hydrogens is 296 g/mol. The summed E-state index contributed by atoms with van der Waals surface area (Å²) >= 11 is 0. The Morgan fingerprint density at radius 1 is 1.26 bits per heavy atom. The van der Waals surface area contributed by atoms with Crippen LogP contribution in [0.4, 0.5) is 5.69 Å². The van der Waals surface area contributed by atoms with Crippen LogP contribution in [0.5, 0.6) is 11.5 Å². The monoisotopic (exact) mass is 315 g/mol. The van der Waals surface area contributed by atoms with Gasteiger partial charge in [-0.05, 0) is 19.1 Å². The van der Waals surface area contributed by atoms with Crippen LogP contribution in [-0.2, 0) is 6.54 Å². The molecule has 2 atom stereocenters. The van der Waals surface area contributed by atoms with Crippen LogP contribution in [0.1, 0.15) is 12.5 Å². The Hall–Kier alpha value is -2.60. The van der Waals surface area contributed by atoms with Gasteiger partial charge in [-0.15, -0.1) is 0 Å². The lowest BCUT2D eigenvalue weighted by Crippen LogP contribution is -2.91. The number of non-ortho nitro benzene ring substituents is 1. The van der Waals surface area contributed by atoms with Crippen molar-refractivity contribution in [3.8, 4) is 11.5 Å². The second kappa shape index (κ2) is 6.66. The van der Waals surface area contributed by atoms with Crippen LogP contribution in [-0.4, -0.2) is 23.7 Å². The molecule has 0 fully saturated rings. The van der Waals surface area contributed by atoms with E-state index in [0.717, 1.165) is 17.1 Å². The Kier molecular flexibility index (Phi) is 4.43. The minimum absolute atomic E-state index is 0.0522. The highest BCUT2D eigenvalue weighted by Gasteiger charge is 2.28. The number of nitro groups is 1. The predicted octanol–water partition coefficient (Wildman–Crippen LogP) is 1.89. The zero-order valence-corrected chi connectivity index (χ0v) is 12.8. The first-order chi connectivity index (χ1) is 11.1. The van der Waals surface area contributed by atoms with Gasteiger partial charge in [-0.3, -0.25) is 10.1 Å². The van der Waals surface area contributed by atoms with Gasteiger partial charge in [-0.1, -0.05) is 24.3 Å². The third-order valence-corrected chi connectivity index (χ3v) is 3.96. The Labute approximate surface area is 134 Å². The van der Waals surface area contributed by atoms with Gasteiger partial charge in [-0.25, -0.2) is 0 Å². The molecule has 120 valence electrons. The fourth-order valence-electron chi connectivity index (χ4n) is 2.57. The summed E-state index contributed by atoms with van der Waals surface area (Å²) in [6, 6.07) is 14.5. The lowest BCUT2D eigenvalue weighted by Gasteiger charge is -2.29. The number of benzene rings is 2. The van der Waals surface area contributed by atoms with Gasteiger partial charge in [0.25, 0.3) is 5.69 Å². The van der Waals surface area contributed by atoms with Crippen molar-refractivity contribution in [2.75, 3.05) is 6.61 Å². The molecule has 23 heavy (non-hydrogen) atoms. The maximum atomic E-state index is 10.8. The second-order valence-electron chi connectivity index (χ2n) is 5.64. The molecule has 0 spiro atoms. The van der Waals surface area contributed by atoms with Crippen LogP contribution in [0.2, 0.25) is 0 Å². The van der Waals surface area contributed by atoms with E-state index >= 15 is 0 Å². The molecule has 0 bridgehead atoms. The van der Waals surface area contributed by atoms with E-state index in [0.29, 0.717) is 13.2 Å². The zero-order chi connectivity index (χ0) is 16.2. The summed E-state index contributed by atoms with van der Waals surface area (Å²) in [6.45, 7) is 3.23. The summed E-state index contributed by atoms with van der Waals surface area (Å²) in [5, 5.41) is 12.9. The third-order valence-electron chi connectivity index (χ3n) is 3.96. The fourth-order valence-corrected chi connectivity index (χ4v) is 2.57.